The van der Waals surface area contributed by atoms with E-state index in [9.17, 15) is 10.2 Å². The van der Waals surface area contributed by atoms with Crippen molar-refractivity contribution >= 4 is 5.82 Å². The standard InChI is InChI=1S/C18H17N7O2/c1-2-9-7-12(14(27)8-13(9)26)16-15(17(19)21-20-16)10-5-3-4-6-11(10)18-22-24-25-23-18/h3-8,26-27H,2H2,1H3,(H3,19,20,21)(H,22,23,24,25). The Morgan fingerprint density at radius 3 is 2.48 bits per heavy atom. The maximum Gasteiger partial charge on any atom is 0.180 e. The molecule has 2 aromatic carbocycles. The third kappa shape index (κ3) is 2.74. The Labute approximate surface area is 153 Å². The first-order chi connectivity index (χ1) is 13.1. The molecular formula is C18H17N7O2. The zero-order valence-electron chi connectivity index (χ0n) is 14.4. The number of phenols is 2. The van der Waals surface area contributed by atoms with Crippen LogP contribution in [0.1, 0.15) is 12.5 Å². The average Bonchev–Trinajstić information content (AvgIpc) is 3.32. The molecule has 0 atom stereocenters. The van der Waals surface area contributed by atoms with Crippen molar-refractivity contribution in [2.75, 3.05) is 5.73 Å². The topological polar surface area (TPSA) is 150 Å². The highest BCUT2D eigenvalue weighted by molar-refractivity contribution is 5.95. The second kappa shape index (κ2) is 6.45. The van der Waals surface area contributed by atoms with Gasteiger partial charge >= 0.3 is 0 Å². The molecule has 0 bridgehead atoms. The predicted molar refractivity (Wildman–Crippen MR) is 99.8 cm³/mol. The number of aromatic hydroxyl groups is 2. The Hall–Kier alpha value is -3.88. The summed E-state index contributed by atoms with van der Waals surface area (Å²) in [4.78, 5) is 0. The lowest BCUT2D eigenvalue weighted by Gasteiger charge is -2.12. The normalized spacial score (nSPS) is 11.0. The monoisotopic (exact) mass is 363 g/mol. The number of aromatic amines is 2. The third-order valence-electron chi connectivity index (χ3n) is 4.44. The van der Waals surface area contributed by atoms with Gasteiger partial charge in [0.05, 0.1) is 11.3 Å². The Kier molecular flexibility index (Phi) is 3.96. The fourth-order valence-electron chi connectivity index (χ4n) is 3.11. The Bertz CT molecular complexity index is 1100. The summed E-state index contributed by atoms with van der Waals surface area (Å²) >= 11 is 0. The SMILES string of the molecule is CCc1cc(-c2[nH]nc(N)c2-c2ccccc2-c2nnn[nH]2)c(O)cc1O. The van der Waals surface area contributed by atoms with Crippen LogP contribution >= 0.6 is 0 Å². The van der Waals surface area contributed by atoms with E-state index < -0.39 is 0 Å². The van der Waals surface area contributed by atoms with E-state index in [0.717, 1.165) is 11.1 Å². The van der Waals surface area contributed by atoms with Gasteiger partial charge in [-0.1, -0.05) is 31.2 Å². The number of hydrogen-bond acceptors (Lipinski definition) is 7. The van der Waals surface area contributed by atoms with Crippen molar-refractivity contribution in [3.63, 3.8) is 0 Å². The van der Waals surface area contributed by atoms with Crippen LogP contribution in [-0.4, -0.2) is 41.0 Å². The van der Waals surface area contributed by atoms with E-state index in [1.807, 2.05) is 31.2 Å². The second-order valence-electron chi connectivity index (χ2n) is 6.01. The zero-order chi connectivity index (χ0) is 19.0. The van der Waals surface area contributed by atoms with Crippen LogP contribution in [0.2, 0.25) is 0 Å². The molecule has 0 saturated heterocycles. The molecule has 0 unspecified atom stereocenters. The number of benzene rings is 2. The van der Waals surface area contributed by atoms with Crippen LogP contribution in [0.5, 0.6) is 11.5 Å². The number of anilines is 1. The van der Waals surface area contributed by atoms with E-state index >= 15 is 0 Å². The number of tetrazole rings is 1. The number of nitrogens with two attached hydrogens (primary N) is 1. The first-order valence-corrected chi connectivity index (χ1v) is 8.32. The van der Waals surface area contributed by atoms with Gasteiger partial charge in [-0.05, 0) is 34.0 Å². The largest absolute Gasteiger partial charge is 0.508 e. The van der Waals surface area contributed by atoms with Gasteiger partial charge in [0.25, 0.3) is 0 Å². The minimum atomic E-state index is -0.0755. The lowest BCUT2D eigenvalue weighted by molar-refractivity contribution is 0.447. The van der Waals surface area contributed by atoms with E-state index in [1.54, 1.807) is 6.07 Å². The minimum absolute atomic E-state index is 0.0425. The summed E-state index contributed by atoms with van der Waals surface area (Å²) in [6.45, 7) is 1.92. The van der Waals surface area contributed by atoms with Crippen molar-refractivity contribution in [2.45, 2.75) is 13.3 Å². The molecule has 136 valence electrons. The summed E-state index contributed by atoms with van der Waals surface area (Å²) in [5.41, 5.74) is 10.00. The number of H-pyrrole nitrogens is 2. The number of rotatable bonds is 4. The Balaban J connectivity index is 1.96. The molecule has 0 aliphatic heterocycles. The van der Waals surface area contributed by atoms with Gasteiger partial charge in [0.1, 0.15) is 11.5 Å². The van der Waals surface area contributed by atoms with E-state index in [-0.39, 0.29) is 17.3 Å². The number of aryl methyl sites for hydroxylation is 1. The molecule has 0 aliphatic carbocycles. The maximum atomic E-state index is 10.4. The molecule has 9 nitrogen and oxygen atoms in total. The van der Waals surface area contributed by atoms with E-state index in [0.29, 0.717) is 34.6 Å². The Morgan fingerprint density at radius 2 is 1.78 bits per heavy atom. The van der Waals surface area contributed by atoms with Gasteiger partial charge in [-0.2, -0.15) is 5.10 Å². The summed E-state index contributed by atoms with van der Waals surface area (Å²) < 4.78 is 0. The number of nitrogens with one attached hydrogen (secondary N) is 2. The van der Waals surface area contributed by atoms with Gasteiger partial charge in [-0.15, -0.1) is 5.10 Å². The van der Waals surface area contributed by atoms with E-state index in [1.165, 1.54) is 6.07 Å². The molecule has 2 heterocycles. The van der Waals surface area contributed by atoms with E-state index in [2.05, 4.69) is 30.8 Å². The highest BCUT2D eigenvalue weighted by Gasteiger charge is 2.22. The van der Waals surface area contributed by atoms with Gasteiger partial charge in [0.15, 0.2) is 11.6 Å². The van der Waals surface area contributed by atoms with Crippen molar-refractivity contribution in [3.05, 3.63) is 42.0 Å². The average molecular weight is 363 g/mol. The summed E-state index contributed by atoms with van der Waals surface area (Å²) in [6.07, 6.45) is 0.610. The van der Waals surface area contributed by atoms with Gasteiger partial charge in [-0.3, -0.25) is 5.10 Å². The van der Waals surface area contributed by atoms with Gasteiger partial charge in [0, 0.05) is 17.2 Å². The highest BCUT2D eigenvalue weighted by atomic mass is 16.3. The lowest BCUT2D eigenvalue weighted by Crippen LogP contribution is -1.93. The summed E-state index contributed by atoms with van der Waals surface area (Å²) in [5, 5.41) is 41.4. The fraction of sp³-hybridized carbons (Fsp3) is 0.111. The van der Waals surface area contributed by atoms with Gasteiger partial charge < -0.3 is 15.9 Å². The number of phenolic OH excluding ortho intramolecular Hbond substituents is 2. The quantitative estimate of drug-likeness (QED) is 0.374. The first kappa shape index (κ1) is 16.6. The molecular weight excluding hydrogens is 346 g/mol. The van der Waals surface area contributed by atoms with Crippen LogP contribution in [0.3, 0.4) is 0 Å². The zero-order valence-corrected chi connectivity index (χ0v) is 14.4. The summed E-state index contributed by atoms with van der Waals surface area (Å²) in [6, 6.07) is 10.5. The van der Waals surface area contributed by atoms with Crippen LogP contribution in [-0.2, 0) is 6.42 Å². The number of hydrogen-bond donors (Lipinski definition) is 5. The van der Waals surface area contributed by atoms with Crippen LogP contribution in [0.15, 0.2) is 36.4 Å². The molecule has 4 rings (SSSR count). The molecule has 0 amide bonds. The summed E-state index contributed by atoms with van der Waals surface area (Å²) in [7, 11) is 0. The van der Waals surface area contributed by atoms with Crippen molar-refractivity contribution in [3.8, 4) is 45.3 Å². The molecule has 0 fully saturated rings. The number of nitrogens with zero attached hydrogens (tertiary/aromatic N) is 4. The van der Waals surface area contributed by atoms with Crippen LogP contribution < -0.4 is 5.73 Å². The van der Waals surface area contributed by atoms with Crippen LogP contribution in [0.25, 0.3) is 33.8 Å². The molecule has 6 N–H and O–H groups in total. The number of aromatic nitrogens is 6. The molecule has 2 aromatic heterocycles. The van der Waals surface area contributed by atoms with Crippen molar-refractivity contribution in [1.29, 1.82) is 0 Å². The summed E-state index contributed by atoms with van der Waals surface area (Å²) in [5.74, 6) is 0.728. The van der Waals surface area contributed by atoms with E-state index in [4.69, 9.17) is 5.73 Å². The molecule has 0 spiro atoms. The maximum absolute atomic E-state index is 10.4. The van der Waals surface area contributed by atoms with Crippen molar-refractivity contribution < 1.29 is 10.2 Å². The lowest BCUT2D eigenvalue weighted by atomic mass is 9.94. The molecule has 27 heavy (non-hydrogen) atoms. The van der Waals surface area contributed by atoms with Crippen LogP contribution in [0.4, 0.5) is 5.82 Å². The smallest absolute Gasteiger partial charge is 0.180 e. The van der Waals surface area contributed by atoms with Crippen molar-refractivity contribution in [1.82, 2.24) is 30.8 Å². The van der Waals surface area contributed by atoms with Crippen molar-refractivity contribution in [2.24, 2.45) is 0 Å². The van der Waals surface area contributed by atoms with Gasteiger partial charge in [0.2, 0.25) is 0 Å². The molecule has 4 aromatic rings. The first-order valence-electron chi connectivity index (χ1n) is 8.32. The number of nitrogen functional groups attached to an aromatic ring is 1. The van der Waals surface area contributed by atoms with Crippen LogP contribution in [0, 0.1) is 0 Å². The molecule has 9 heteroatoms. The molecule has 0 aliphatic rings. The molecule has 0 radical (unpaired) electrons. The fourth-order valence-corrected chi connectivity index (χ4v) is 3.11. The Morgan fingerprint density at radius 1 is 1.00 bits per heavy atom. The predicted octanol–water partition coefficient (Wildman–Crippen LogP) is 2.48. The third-order valence-corrected chi connectivity index (χ3v) is 4.44. The highest BCUT2D eigenvalue weighted by Crippen LogP contribution is 2.43. The molecule has 0 saturated carbocycles. The second-order valence-corrected chi connectivity index (χ2v) is 6.01. The van der Waals surface area contributed by atoms with Gasteiger partial charge in [-0.25, -0.2) is 5.10 Å². The minimum Gasteiger partial charge on any atom is -0.508 e.